The SMILES string of the molecule is CSC1=[N+](CCCCC(=O)O)C(=O)/C(=C2\Sc3ccccc3N2C)S1.Cc1ccc(S(=O)(=O)[O-])cc1. The van der Waals surface area contributed by atoms with E-state index in [1.165, 1.54) is 23.9 Å². The van der Waals surface area contributed by atoms with Gasteiger partial charge in [-0.05, 0) is 43.9 Å². The molecule has 2 aromatic carbocycles. The van der Waals surface area contributed by atoms with Crippen LogP contribution in [0.3, 0.4) is 0 Å². The standard InChI is InChI=1S/C17H18N2O3S3.C7H8O3S/c1-18-11-7-3-4-8-12(11)24-16(18)14-15(22)19(17(23-2)25-14)10-6-5-9-13(20)21;1-6-2-4-7(5-3-6)11(8,9)10/h3-4,7-8H,5-6,9-10H2,1-2H3;2-5H,1H3,(H,8,9,10)/b16-14+;. The van der Waals surface area contributed by atoms with Crippen molar-refractivity contribution in [1.29, 1.82) is 0 Å². The van der Waals surface area contributed by atoms with Crippen LogP contribution in [-0.4, -0.2) is 58.8 Å². The summed E-state index contributed by atoms with van der Waals surface area (Å²) < 4.78 is 33.9. The number of carboxylic acid groups (broad SMARTS) is 1. The van der Waals surface area contributed by atoms with E-state index in [0.29, 0.717) is 19.4 Å². The number of nitrogens with zero attached hydrogens (tertiary/aromatic N) is 2. The molecule has 8 nitrogen and oxygen atoms in total. The minimum absolute atomic E-state index is 0.0202. The van der Waals surface area contributed by atoms with Crippen LogP contribution in [0.15, 0.2) is 68.3 Å². The highest BCUT2D eigenvalue weighted by molar-refractivity contribution is 8.40. The van der Waals surface area contributed by atoms with Crippen molar-refractivity contribution in [3.63, 3.8) is 0 Å². The fraction of sp³-hybridized carbons (Fsp3) is 0.292. The van der Waals surface area contributed by atoms with Gasteiger partial charge in [-0.15, -0.1) is 4.58 Å². The molecule has 2 aliphatic heterocycles. The molecule has 0 radical (unpaired) electrons. The van der Waals surface area contributed by atoms with Crippen LogP contribution in [0.4, 0.5) is 5.69 Å². The Balaban J connectivity index is 0.000000275. The van der Waals surface area contributed by atoms with E-state index in [0.717, 1.165) is 30.5 Å². The van der Waals surface area contributed by atoms with Gasteiger partial charge in [-0.3, -0.25) is 4.79 Å². The third kappa shape index (κ3) is 6.94. The number of rotatable bonds is 6. The summed E-state index contributed by atoms with van der Waals surface area (Å²) in [7, 11) is -2.28. The lowest BCUT2D eigenvalue weighted by atomic mass is 10.2. The van der Waals surface area contributed by atoms with Crippen molar-refractivity contribution < 1.29 is 32.2 Å². The van der Waals surface area contributed by atoms with Gasteiger partial charge in [0.15, 0.2) is 11.4 Å². The number of para-hydroxylation sites is 1. The smallest absolute Gasteiger partial charge is 0.430 e. The first-order chi connectivity index (χ1) is 17.0. The number of carboxylic acids is 1. The van der Waals surface area contributed by atoms with Crippen LogP contribution in [0.1, 0.15) is 24.8 Å². The van der Waals surface area contributed by atoms with E-state index in [2.05, 4.69) is 17.0 Å². The van der Waals surface area contributed by atoms with Crippen molar-refractivity contribution >= 4 is 67.3 Å². The average molecular weight is 567 g/mol. The molecular weight excluding hydrogens is 541 g/mol. The minimum Gasteiger partial charge on any atom is -0.744 e. The summed E-state index contributed by atoms with van der Waals surface area (Å²) in [4.78, 5) is 27.4. The molecule has 0 atom stereocenters. The van der Waals surface area contributed by atoms with Gasteiger partial charge in [0, 0.05) is 36.5 Å². The fourth-order valence-corrected chi connectivity index (χ4v) is 7.08. The summed E-state index contributed by atoms with van der Waals surface area (Å²) >= 11 is 4.71. The summed E-state index contributed by atoms with van der Waals surface area (Å²) in [6.45, 7) is 2.38. The number of benzene rings is 2. The molecular formula is C24H26N2O6S4. The molecule has 2 aromatic rings. The average Bonchev–Trinajstić information content (AvgIpc) is 3.33. The van der Waals surface area contributed by atoms with Crippen molar-refractivity contribution in [2.24, 2.45) is 0 Å². The fourth-order valence-electron chi connectivity index (χ4n) is 3.42. The van der Waals surface area contributed by atoms with E-state index in [9.17, 15) is 22.6 Å². The first-order valence-corrected chi connectivity index (χ1v) is 15.2. The maximum absolute atomic E-state index is 12.9. The number of thioether (sulfide) groups is 3. The summed E-state index contributed by atoms with van der Waals surface area (Å²) in [5.74, 6) is -0.771. The first-order valence-electron chi connectivity index (χ1n) is 10.9. The van der Waals surface area contributed by atoms with Gasteiger partial charge in [-0.1, -0.05) is 53.4 Å². The summed E-state index contributed by atoms with van der Waals surface area (Å²) in [5, 5.41) is 9.71. The van der Waals surface area contributed by atoms with Crippen molar-refractivity contribution in [2.45, 2.75) is 36.0 Å². The van der Waals surface area contributed by atoms with Crippen LogP contribution in [0, 0.1) is 6.92 Å². The van der Waals surface area contributed by atoms with E-state index < -0.39 is 16.1 Å². The number of aryl methyl sites for hydroxylation is 1. The summed E-state index contributed by atoms with van der Waals surface area (Å²) in [5.41, 5.74) is 2.05. The van der Waals surface area contributed by atoms with E-state index in [4.69, 9.17) is 5.11 Å². The Labute approximate surface area is 223 Å². The number of hydrogen-bond acceptors (Lipinski definition) is 9. The molecule has 12 heteroatoms. The number of amides is 1. The predicted molar refractivity (Wildman–Crippen MR) is 145 cm³/mol. The highest BCUT2D eigenvalue weighted by Gasteiger charge is 2.42. The normalized spacial score (nSPS) is 17.2. The van der Waals surface area contributed by atoms with Gasteiger partial charge >= 0.3 is 11.9 Å². The Kier molecular flexibility index (Phi) is 9.70. The molecule has 0 spiro atoms. The summed E-state index contributed by atoms with van der Waals surface area (Å²) in [6.07, 6.45) is 3.38. The molecule has 2 heterocycles. The Bertz CT molecular complexity index is 1320. The molecule has 0 fully saturated rings. The zero-order valence-electron chi connectivity index (χ0n) is 20.0. The summed E-state index contributed by atoms with van der Waals surface area (Å²) in [6, 6.07) is 13.9. The minimum atomic E-state index is -4.27. The topological polar surface area (TPSA) is 118 Å². The van der Waals surface area contributed by atoms with E-state index in [1.807, 2.05) is 32.4 Å². The number of carbonyl (C=O) groups excluding carboxylic acids is 1. The quantitative estimate of drug-likeness (QED) is 0.231. The van der Waals surface area contributed by atoms with Crippen LogP contribution in [-0.2, 0) is 19.7 Å². The van der Waals surface area contributed by atoms with Gasteiger partial charge in [-0.25, -0.2) is 13.2 Å². The van der Waals surface area contributed by atoms with Crippen molar-refractivity contribution in [2.75, 3.05) is 24.7 Å². The first kappa shape index (κ1) is 28.3. The second-order valence-corrected chi connectivity index (χ2v) is 12.4. The number of anilines is 1. The highest BCUT2D eigenvalue weighted by Crippen LogP contribution is 2.49. The highest BCUT2D eigenvalue weighted by atomic mass is 32.2. The van der Waals surface area contributed by atoms with E-state index in [-0.39, 0.29) is 17.2 Å². The van der Waals surface area contributed by atoms with Gasteiger partial charge in [0.05, 0.1) is 10.6 Å². The Hall–Kier alpha value is -2.25. The second kappa shape index (κ2) is 12.3. The largest absolute Gasteiger partial charge is 0.744 e. The van der Waals surface area contributed by atoms with Gasteiger partial charge in [-0.2, -0.15) is 0 Å². The Morgan fingerprint density at radius 1 is 1.11 bits per heavy atom. The lowest BCUT2D eigenvalue weighted by Gasteiger charge is -2.13. The number of aliphatic carboxylic acids is 1. The predicted octanol–water partition coefficient (Wildman–Crippen LogP) is 4.56. The molecule has 0 aliphatic carbocycles. The molecule has 0 saturated carbocycles. The lowest BCUT2D eigenvalue weighted by molar-refractivity contribution is -0.438. The van der Waals surface area contributed by atoms with Crippen LogP contribution in [0.2, 0.25) is 0 Å². The third-order valence-electron chi connectivity index (χ3n) is 5.29. The number of fused-ring (bicyclic) bond motifs is 1. The van der Waals surface area contributed by atoms with Crippen LogP contribution in [0.5, 0.6) is 0 Å². The maximum atomic E-state index is 12.9. The molecule has 2 aliphatic rings. The van der Waals surface area contributed by atoms with Crippen molar-refractivity contribution in [3.05, 3.63) is 64.0 Å². The zero-order chi connectivity index (χ0) is 26.5. The number of hydrogen-bond donors (Lipinski definition) is 1. The lowest BCUT2D eigenvalue weighted by Crippen LogP contribution is -2.22. The van der Waals surface area contributed by atoms with E-state index >= 15 is 0 Å². The molecule has 0 saturated heterocycles. The molecule has 0 unspecified atom stereocenters. The Morgan fingerprint density at radius 3 is 2.36 bits per heavy atom. The zero-order valence-corrected chi connectivity index (χ0v) is 23.2. The molecule has 192 valence electrons. The van der Waals surface area contributed by atoms with Crippen molar-refractivity contribution in [1.82, 2.24) is 0 Å². The Morgan fingerprint density at radius 2 is 1.78 bits per heavy atom. The second-order valence-electron chi connectivity index (χ2n) is 7.91. The van der Waals surface area contributed by atoms with Gasteiger partial charge in [0.2, 0.25) is 0 Å². The molecule has 36 heavy (non-hydrogen) atoms. The molecule has 0 aromatic heterocycles. The number of carbonyl (C=O) groups is 2. The molecule has 1 N–H and O–H groups in total. The maximum Gasteiger partial charge on any atom is 0.430 e. The van der Waals surface area contributed by atoms with Crippen LogP contribution >= 0.6 is 35.3 Å². The number of unbranched alkanes of at least 4 members (excludes halogenated alkanes) is 1. The molecule has 4 rings (SSSR count). The van der Waals surface area contributed by atoms with Gasteiger partial charge in [0.1, 0.15) is 15.1 Å². The third-order valence-corrected chi connectivity index (χ3v) is 9.79. The molecule has 1 amide bonds. The van der Waals surface area contributed by atoms with E-state index in [1.54, 1.807) is 40.2 Å². The van der Waals surface area contributed by atoms with Crippen LogP contribution in [0.25, 0.3) is 0 Å². The monoisotopic (exact) mass is 566 g/mol. The molecule has 0 bridgehead atoms. The van der Waals surface area contributed by atoms with Crippen LogP contribution < -0.4 is 4.90 Å². The van der Waals surface area contributed by atoms with Crippen molar-refractivity contribution in [3.8, 4) is 0 Å². The van der Waals surface area contributed by atoms with Gasteiger partial charge < -0.3 is 14.6 Å². The van der Waals surface area contributed by atoms with Gasteiger partial charge in [0.25, 0.3) is 4.38 Å².